The van der Waals surface area contributed by atoms with E-state index in [1.807, 2.05) is 0 Å². The predicted octanol–water partition coefficient (Wildman–Crippen LogP) is 0.879. The van der Waals surface area contributed by atoms with E-state index in [-0.39, 0.29) is 17.6 Å². The van der Waals surface area contributed by atoms with Crippen molar-refractivity contribution < 1.29 is 14.7 Å². The monoisotopic (exact) mass is 278 g/mol. The van der Waals surface area contributed by atoms with Crippen molar-refractivity contribution in [3.63, 3.8) is 0 Å². The molecule has 1 heterocycles. The van der Waals surface area contributed by atoms with E-state index in [2.05, 4.69) is 15.5 Å². The van der Waals surface area contributed by atoms with Gasteiger partial charge in [0, 0.05) is 6.20 Å². The van der Waals surface area contributed by atoms with Crippen molar-refractivity contribution >= 4 is 11.7 Å². The zero-order valence-corrected chi connectivity index (χ0v) is 11.3. The summed E-state index contributed by atoms with van der Waals surface area (Å²) in [6.07, 6.45) is 4.68. The molecule has 0 aromatic carbocycles. The maximum atomic E-state index is 12.4. The van der Waals surface area contributed by atoms with Gasteiger partial charge in [-0.05, 0) is 25.0 Å². The minimum atomic E-state index is -0.785. The van der Waals surface area contributed by atoms with Crippen molar-refractivity contribution in [2.75, 3.05) is 7.11 Å². The highest BCUT2D eigenvalue weighted by Crippen LogP contribution is 2.30. The van der Waals surface area contributed by atoms with Crippen molar-refractivity contribution in [3.05, 3.63) is 23.9 Å². The van der Waals surface area contributed by atoms with Crippen LogP contribution in [0.3, 0.4) is 0 Å². The van der Waals surface area contributed by atoms with Gasteiger partial charge < -0.3 is 21.0 Å². The average molecular weight is 278 g/mol. The highest BCUT2D eigenvalue weighted by atomic mass is 16.5. The number of aromatic nitrogens is 1. The fraction of sp³-hybridized carbons (Fsp3) is 0.462. The van der Waals surface area contributed by atoms with Crippen LogP contribution >= 0.6 is 0 Å². The second-order valence-electron chi connectivity index (χ2n) is 4.79. The maximum absolute atomic E-state index is 12.4. The number of nitrogens with one attached hydrogen (secondary N) is 1. The number of amides is 1. The molecule has 1 saturated carbocycles. The Balaban J connectivity index is 2.25. The van der Waals surface area contributed by atoms with Crippen molar-refractivity contribution in [1.82, 2.24) is 10.3 Å². The molecule has 1 amide bonds. The molecule has 0 radical (unpaired) electrons. The van der Waals surface area contributed by atoms with Crippen molar-refractivity contribution in [1.29, 1.82) is 0 Å². The van der Waals surface area contributed by atoms with E-state index in [1.165, 1.54) is 7.11 Å². The number of nitrogens with zero attached hydrogens (tertiary/aromatic N) is 2. The Kier molecular flexibility index (Phi) is 4.07. The first-order valence-electron chi connectivity index (χ1n) is 6.42. The lowest BCUT2D eigenvalue weighted by Gasteiger charge is -2.28. The maximum Gasteiger partial charge on any atom is 0.257 e. The number of pyridine rings is 1. The van der Waals surface area contributed by atoms with Crippen LogP contribution in [0.25, 0.3) is 0 Å². The molecule has 1 aromatic heterocycles. The van der Waals surface area contributed by atoms with E-state index >= 15 is 0 Å². The van der Waals surface area contributed by atoms with Crippen LogP contribution in [0.1, 0.15) is 36.0 Å². The zero-order valence-electron chi connectivity index (χ0n) is 11.3. The molecule has 7 nitrogen and oxygen atoms in total. The van der Waals surface area contributed by atoms with Crippen LogP contribution in [0, 0.1) is 0 Å². The van der Waals surface area contributed by atoms with Gasteiger partial charge in [-0.3, -0.25) is 4.79 Å². The summed E-state index contributed by atoms with van der Waals surface area (Å²) in [6, 6.07) is 3.28. The third-order valence-corrected chi connectivity index (χ3v) is 3.62. The van der Waals surface area contributed by atoms with Crippen LogP contribution in [0.2, 0.25) is 0 Å². The zero-order chi connectivity index (χ0) is 14.6. The first-order chi connectivity index (χ1) is 9.63. The second-order valence-corrected chi connectivity index (χ2v) is 4.79. The average Bonchev–Trinajstić information content (AvgIpc) is 2.95. The van der Waals surface area contributed by atoms with Gasteiger partial charge in [0.2, 0.25) is 5.88 Å². The minimum Gasteiger partial charge on any atom is -0.480 e. The number of hydrogen-bond acceptors (Lipinski definition) is 5. The molecule has 4 N–H and O–H groups in total. The van der Waals surface area contributed by atoms with Crippen LogP contribution in [-0.4, -0.2) is 34.6 Å². The van der Waals surface area contributed by atoms with Crippen LogP contribution in [0.5, 0.6) is 5.88 Å². The minimum absolute atomic E-state index is 0.0335. The van der Waals surface area contributed by atoms with E-state index < -0.39 is 5.54 Å². The second kappa shape index (κ2) is 5.77. The van der Waals surface area contributed by atoms with Crippen LogP contribution in [-0.2, 0) is 0 Å². The van der Waals surface area contributed by atoms with Crippen molar-refractivity contribution in [2.45, 2.75) is 31.2 Å². The first-order valence-corrected chi connectivity index (χ1v) is 6.42. The van der Waals surface area contributed by atoms with Crippen molar-refractivity contribution in [3.8, 4) is 5.88 Å². The summed E-state index contributed by atoms with van der Waals surface area (Å²) in [7, 11) is 1.45. The standard InChI is InChI=1S/C13H18N4O3/c1-20-11-9(5-4-8-15-11)10(18)16-13(12(14)17-19)6-2-3-7-13/h4-5,8,19H,2-3,6-7H2,1H3,(H2,14,17)(H,16,18). The highest BCUT2D eigenvalue weighted by molar-refractivity contribution is 6.01. The molecule has 1 aliphatic carbocycles. The summed E-state index contributed by atoms with van der Waals surface area (Å²) < 4.78 is 5.07. The quantitative estimate of drug-likeness (QED) is 0.328. The van der Waals surface area contributed by atoms with Gasteiger partial charge in [-0.15, -0.1) is 0 Å². The molecule has 0 saturated heterocycles. The molecule has 1 aliphatic rings. The van der Waals surface area contributed by atoms with Gasteiger partial charge in [0.15, 0.2) is 5.84 Å². The first kappa shape index (κ1) is 14.1. The Labute approximate surface area is 116 Å². The molecule has 108 valence electrons. The van der Waals surface area contributed by atoms with Gasteiger partial charge in [0.25, 0.3) is 5.91 Å². The molecule has 0 spiro atoms. The van der Waals surface area contributed by atoms with Gasteiger partial charge in [0.05, 0.1) is 7.11 Å². The molecule has 1 fully saturated rings. The van der Waals surface area contributed by atoms with E-state index in [0.717, 1.165) is 12.8 Å². The highest BCUT2D eigenvalue weighted by Gasteiger charge is 2.40. The molecule has 0 aliphatic heterocycles. The molecular weight excluding hydrogens is 260 g/mol. The van der Waals surface area contributed by atoms with Crippen LogP contribution in [0.15, 0.2) is 23.5 Å². The summed E-state index contributed by atoms with van der Waals surface area (Å²) in [4.78, 5) is 16.4. The summed E-state index contributed by atoms with van der Waals surface area (Å²) in [5, 5.41) is 14.8. The SMILES string of the molecule is COc1ncccc1C(=O)NC1(C(N)=NO)CCCC1. The van der Waals surface area contributed by atoms with E-state index in [1.54, 1.807) is 18.3 Å². The van der Waals surface area contributed by atoms with Gasteiger partial charge in [-0.25, -0.2) is 4.98 Å². The molecule has 7 heteroatoms. The molecule has 0 atom stereocenters. The molecule has 0 unspecified atom stereocenters. The number of carbonyl (C=O) groups is 1. The van der Waals surface area contributed by atoms with Crippen LogP contribution < -0.4 is 15.8 Å². The van der Waals surface area contributed by atoms with E-state index in [9.17, 15) is 4.79 Å². The number of hydrogen-bond donors (Lipinski definition) is 3. The number of methoxy groups -OCH3 is 1. The lowest BCUT2D eigenvalue weighted by molar-refractivity contribution is 0.0919. The summed E-state index contributed by atoms with van der Waals surface area (Å²) >= 11 is 0. The van der Waals surface area contributed by atoms with Gasteiger partial charge in [-0.1, -0.05) is 18.0 Å². The van der Waals surface area contributed by atoms with Gasteiger partial charge in [-0.2, -0.15) is 0 Å². The molecule has 0 bridgehead atoms. The lowest BCUT2D eigenvalue weighted by atomic mass is 9.95. The molecular formula is C13H18N4O3. The lowest BCUT2D eigenvalue weighted by Crippen LogP contribution is -2.55. The number of oxime groups is 1. The molecule has 1 aromatic rings. The van der Waals surface area contributed by atoms with Gasteiger partial charge in [0.1, 0.15) is 11.1 Å². The Morgan fingerprint density at radius 1 is 1.55 bits per heavy atom. The number of ether oxygens (including phenoxy) is 1. The Morgan fingerprint density at radius 2 is 2.25 bits per heavy atom. The largest absolute Gasteiger partial charge is 0.480 e. The normalized spacial score (nSPS) is 17.8. The van der Waals surface area contributed by atoms with Gasteiger partial charge >= 0.3 is 0 Å². The summed E-state index contributed by atoms with van der Waals surface area (Å²) in [5.41, 5.74) is 5.29. The smallest absolute Gasteiger partial charge is 0.257 e. The van der Waals surface area contributed by atoms with Crippen LogP contribution in [0.4, 0.5) is 0 Å². The topological polar surface area (TPSA) is 110 Å². The Hall–Kier alpha value is -2.31. The summed E-state index contributed by atoms with van der Waals surface area (Å²) in [5.74, 6) is -0.0627. The molecule has 2 rings (SSSR count). The summed E-state index contributed by atoms with van der Waals surface area (Å²) in [6.45, 7) is 0. The predicted molar refractivity (Wildman–Crippen MR) is 72.9 cm³/mol. The number of nitrogens with two attached hydrogens (primary N) is 1. The third kappa shape index (κ3) is 2.52. The Bertz CT molecular complexity index is 524. The number of rotatable bonds is 4. The number of carbonyl (C=O) groups excluding carboxylic acids is 1. The Morgan fingerprint density at radius 3 is 2.85 bits per heavy atom. The molecule has 20 heavy (non-hydrogen) atoms. The van der Waals surface area contributed by atoms with E-state index in [0.29, 0.717) is 18.4 Å². The third-order valence-electron chi connectivity index (χ3n) is 3.62. The van der Waals surface area contributed by atoms with E-state index in [4.69, 9.17) is 15.7 Å². The fourth-order valence-electron chi connectivity index (χ4n) is 2.53. The van der Waals surface area contributed by atoms with Crippen molar-refractivity contribution in [2.24, 2.45) is 10.9 Å². The number of amidine groups is 1. The fourth-order valence-corrected chi connectivity index (χ4v) is 2.53.